The molecule has 0 unspecified atom stereocenters. The molecule has 4 aromatic rings. The molecule has 0 spiro atoms. The van der Waals surface area contributed by atoms with Gasteiger partial charge >= 0.3 is 0 Å². The minimum atomic E-state index is -3.28. The molecule has 0 bridgehead atoms. The Morgan fingerprint density at radius 3 is 2.53 bits per heavy atom. The van der Waals surface area contributed by atoms with Crippen LogP contribution in [0, 0.1) is 0 Å². The Morgan fingerprint density at radius 2 is 1.79 bits per heavy atom. The fraction of sp³-hybridized carbons (Fsp3) is 0.292. The van der Waals surface area contributed by atoms with Crippen LogP contribution >= 0.6 is 0 Å². The third-order valence-corrected chi connectivity index (χ3v) is 7.21. The summed E-state index contributed by atoms with van der Waals surface area (Å²) in [6, 6.07) is 14.2. The van der Waals surface area contributed by atoms with E-state index in [4.69, 9.17) is 4.52 Å². The summed E-state index contributed by atoms with van der Waals surface area (Å²) in [6.45, 7) is 3.10. The van der Waals surface area contributed by atoms with Gasteiger partial charge in [-0.1, -0.05) is 23.4 Å². The number of fused-ring (bicyclic) bond motifs is 1. The second-order valence-corrected chi connectivity index (χ2v) is 10.5. The van der Waals surface area contributed by atoms with Crippen molar-refractivity contribution in [3.63, 3.8) is 0 Å². The lowest BCUT2D eigenvalue weighted by atomic mass is 10.1. The van der Waals surface area contributed by atoms with Crippen molar-refractivity contribution in [2.45, 2.75) is 17.9 Å². The van der Waals surface area contributed by atoms with Crippen LogP contribution in [0.4, 0.5) is 0 Å². The highest BCUT2D eigenvalue weighted by molar-refractivity contribution is 7.90. The Morgan fingerprint density at radius 1 is 1.06 bits per heavy atom. The minimum absolute atomic E-state index is 0.0970. The molecular formula is C24H25N5O4S. The first kappa shape index (κ1) is 22.3. The summed E-state index contributed by atoms with van der Waals surface area (Å²) in [5.74, 6) is 1.11. The summed E-state index contributed by atoms with van der Waals surface area (Å²) >= 11 is 0. The monoisotopic (exact) mass is 479 g/mol. The smallest absolute Gasteiger partial charge is 0.253 e. The summed E-state index contributed by atoms with van der Waals surface area (Å²) in [4.78, 5) is 24.8. The number of carbonyl (C=O) groups is 1. The molecular weight excluding hydrogens is 454 g/mol. The first-order valence-electron chi connectivity index (χ1n) is 11.0. The third kappa shape index (κ3) is 4.73. The van der Waals surface area contributed by atoms with Crippen molar-refractivity contribution in [1.82, 2.24) is 24.9 Å². The molecule has 1 saturated heterocycles. The molecule has 9 nitrogen and oxygen atoms in total. The molecule has 1 fully saturated rings. The molecule has 2 aromatic heterocycles. The lowest BCUT2D eigenvalue weighted by molar-refractivity contribution is 0.0624. The van der Waals surface area contributed by atoms with Gasteiger partial charge in [0.05, 0.1) is 17.9 Å². The predicted molar refractivity (Wildman–Crippen MR) is 126 cm³/mol. The van der Waals surface area contributed by atoms with E-state index in [2.05, 4.69) is 26.1 Å². The number of H-pyrrole nitrogens is 1. The number of para-hydroxylation sites is 1. The minimum Gasteiger partial charge on any atom is -0.361 e. The van der Waals surface area contributed by atoms with Gasteiger partial charge < -0.3 is 14.4 Å². The van der Waals surface area contributed by atoms with Gasteiger partial charge in [0, 0.05) is 55.1 Å². The topological polar surface area (TPSA) is 112 Å². The highest BCUT2D eigenvalue weighted by atomic mass is 32.2. The van der Waals surface area contributed by atoms with Crippen molar-refractivity contribution in [2.75, 3.05) is 32.4 Å². The molecule has 10 heteroatoms. The quantitative estimate of drug-likeness (QED) is 0.452. The highest BCUT2D eigenvalue weighted by Crippen LogP contribution is 2.20. The van der Waals surface area contributed by atoms with Gasteiger partial charge in [-0.05, 0) is 35.9 Å². The Bertz CT molecular complexity index is 1420. The molecule has 0 radical (unpaired) electrons. The number of rotatable bonds is 6. The molecule has 176 valence electrons. The van der Waals surface area contributed by atoms with Gasteiger partial charge in [-0.15, -0.1) is 0 Å². The number of amides is 1. The lowest BCUT2D eigenvalue weighted by Crippen LogP contribution is -2.48. The first-order chi connectivity index (χ1) is 16.4. The van der Waals surface area contributed by atoms with E-state index in [9.17, 15) is 13.2 Å². The van der Waals surface area contributed by atoms with Crippen LogP contribution in [0.3, 0.4) is 0 Å². The number of aromatic nitrogens is 3. The number of carbonyl (C=O) groups excluding carboxylic acids is 1. The number of piperazine rings is 1. The number of nitrogens with one attached hydrogen (secondary N) is 1. The molecule has 5 rings (SSSR count). The maximum Gasteiger partial charge on any atom is 0.253 e. The van der Waals surface area contributed by atoms with Crippen LogP contribution in [0.2, 0.25) is 0 Å². The number of benzene rings is 2. The second-order valence-electron chi connectivity index (χ2n) is 8.51. The fourth-order valence-electron chi connectivity index (χ4n) is 4.20. The Balaban J connectivity index is 1.15. The summed E-state index contributed by atoms with van der Waals surface area (Å²) in [7, 11) is -3.28. The van der Waals surface area contributed by atoms with Crippen molar-refractivity contribution in [3.05, 3.63) is 77.6 Å². The molecule has 0 atom stereocenters. The normalized spacial score (nSPS) is 15.1. The highest BCUT2D eigenvalue weighted by Gasteiger charge is 2.23. The van der Waals surface area contributed by atoms with Gasteiger partial charge in [0.1, 0.15) is 0 Å². The zero-order chi connectivity index (χ0) is 23.7. The van der Waals surface area contributed by atoms with Crippen molar-refractivity contribution in [3.8, 4) is 0 Å². The van der Waals surface area contributed by atoms with Crippen molar-refractivity contribution in [1.29, 1.82) is 0 Å². The van der Waals surface area contributed by atoms with E-state index in [1.54, 1.807) is 17.0 Å². The SMILES string of the molecule is CS(=O)(=O)c1ccc(C(=O)N2CCN(Cc3noc(Cc4c[nH]c5ccccc45)n3)CC2)cc1. The average molecular weight is 480 g/mol. The van der Waals surface area contributed by atoms with E-state index < -0.39 is 9.84 Å². The summed E-state index contributed by atoms with van der Waals surface area (Å²) < 4.78 is 28.7. The maximum atomic E-state index is 12.8. The molecule has 2 aromatic carbocycles. The van der Waals surface area contributed by atoms with Gasteiger partial charge in [0.2, 0.25) is 5.89 Å². The third-order valence-electron chi connectivity index (χ3n) is 6.08. The van der Waals surface area contributed by atoms with Crippen LogP contribution in [0.25, 0.3) is 10.9 Å². The van der Waals surface area contributed by atoms with Crippen LogP contribution in [-0.4, -0.2) is 71.7 Å². The first-order valence-corrected chi connectivity index (χ1v) is 12.9. The zero-order valence-electron chi connectivity index (χ0n) is 18.8. The second kappa shape index (κ2) is 9.03. The molecule has 0 aliphatic carbocycles. The van der Waals surface area contributed by atoms with Crippen LogP contribution in [0.5, 0.6) is 0 Å². The number of sulfone groups is 1. The van der Waals surface area contributed by atoms with E-state index in [0.717, 1.165) is 22.7 Å². The zero-order valence-corrected chi connectivity index (χ0v) is 19.6. The van der Waals surface area contributed by atoms with Crippen molar-refractivity contribution in [2.24, 2.45) is 0 Å². The largest absolute Gasteiger partial charge is 0.361 e. The van der Waals surface area contributed by atoms with Crippen LogP contribution < -0.4 is 0 Å². The van der Waals surface area contributed by atoms with Crippen molar-refractivity contribution < 1.29 is 17.7 Å². The Labute approximate surface area is 197 Å². The van der Waals surface area contributed by atoms with E-state index in [-0.39, 0.29) is 10.8 Å². The van der Waals surface area contributed by atoms with Crippen LogP contribution in [-0.2, 0) is 22.8 Å². The summed E-state index contributed by atoms with van der Waals surface area (Å²) in [5, 5.41) is 5.28. The van der Waals surface area contributed by atoms with Gasteiger partial charge in [0.25, 0.3) is 5.91 Å². The number of aromatic amines is 1. The molecule has 1 aliphatic rings. The van der Waals surface area contributed by atoms with Gasteiger partial charge in [-0.3, -0.25) is 9.69 Å². The Hall–Kier alpha value is -3.50. The van der Waals surface area contributed by atoms with Gasteiger partial charge in [0.15, 0.2) is 15.7 Å². The van der Waals surface area contributed by atoms with E-state index in [1.807, 2.05) is 24.4 Å². The van der Waals surface area contributed by atoms with E-state index >= 15 is 0 Å². The van der Waals surface area contributed by atoms with Crippen LogP contribution in [0.1, 0.15) is 27.6 Å². The van der Waals surface area contributed by atoms with Crippen LogP contribution in [0.15, 0.2) is 64.1 Å². The molecule has 34 heavy (non-hydrogen) atoms. The fourth-order valence-corrected chi connectivity index (χ4v) is 4.83. The lowest BCUT2D eigenvalue weighted by Gasteiger charge is -2.34. The number of hydrogen-bond donors (Lipinski definition) is 1. The molecule has 1 aliphatic heterocycles. The van der Waals surface area contributed by atoms with E-state index in [0.29, 0.717) is 56.4 Å². The Kier molecular flexibility index (Phi) is 5.93. The van der Waals surface area contributed by atoms with Crippen molar-refractivity contribution >= 4 is 26.6 Å². The molecule has 1 N–H and O–H groups in total. The van der Waals surface area contributed by atoms with E-state index in [1.165, 1.54) is 12.1 Å². The summed E-state index contributed by atoms with van der Waals surface area (Å²) in [5.41, 5.74) is 2.68. The summed E-state index contributed by atoms with van der Waals surface area (Å²) in [6.07, 6.45) is 3.69. The predicted octanol–water partition coefficient (Wildman–Crippen LogP) is 2.50. The number of hydrogen-bond acceptors (Lipinski definition) is 7. The van der Waals surface area contributed by atoms with Gasteiger partial charge in [-0.25, -0.2) is 8.42 Å². The molecule has 1 amide bonds. The van der Waals surface area contributed by atoms with Gasteiger partial charge in [-0.2, -0.15) is 4.98 Å². The standard InChI is InChI=1S/C24H25N5O4S/c1-34(31,32)19-8-6-17(7-9-19)24(30)29-12-10-28(11-13-29)16-22-26-23(33-27-22)14-18-15-25-21-5-3-2-4-20(18)21/h2-9,15,25H,10-14,16H2,1H3. The average Bonchev–Trinajstić information content (AvgIpc) is 3.46. The maximum absolute atomic E-state index is 12.8. The number of nitrogens with zero attached hydrogens (tertiary/aromatic N) is 4. The molecule has 3 heterocycles. The molecule has 0 saturated carbocycles.